The lowest BCUT2D eigenvalue weighted by Crippen LogP contribution is -2.36. The molecule has 4 nitrogen and oxygen atoms in total. The molecular weight excluding hydrogens is 170 g/mol. The highest BCUT2D eigenvalue weighted by molar-refractivity contribution is 5.86. The van der Waals surface area contributed by atoms with Gasteiger partial charge in [-0.15, -0.1) is 0 Å². The zero-order chi connectivity index (χ0) is 9.64. The Morgan fingerprint density at radius 3 is 2.62 bits per heavy atom. The topological polar surface area (TPSA) is 57.6 Å². The maximum absolute atomic E-state index is 11.4. The molecule has 0 spiro atoms. The molecule has 4 heteroatoms. The smallest absolute Gasteiger partial charge is 0.308 e. The van der Waals surface area contributed by atoms with Gasteiger partial charge in [-0.25, -0.2) is 0 Å². The molecule has 0 aromatic rings. The lowest BCUT2D eigenvalue weighted by Gasteiger charge is -2.23. The van der Waals surface area contributed by atoms with E-state index < -0.39 is 11.9 Å². The molecule has 1 saturated carbocycles. The van der Waals surface area contributed by atoms with Gasteiger partial charge in [0.1, 0.15) is 0 Å². The summed E-state index contributed by atoms with van der Waals surface area (Å²) in [6, 6.07) is 0. The van der Waals surface area contributed by atoms with E-state index in [0.29, 0.717) is 6.54 Å². The molecule has 0 radical (unpaired) electrons. The first-order chi connectivity index (χ1) is 6.03. The average Bonchev–Trinajstić information content (AvgIpc) is 2.63. The second kappa shape index (κ2) is 2.47. The van der Waals surface area contributed by atoms with Gasteiger partial charge in [0.05, 0.1) is 5.92 Å². The molecule has 1 aliphatic heterocycles. The molecule has 1 atom stereocenters. The van der Waals surface area contributed by atoms with Crippen LogP contribution in [0.1, 0.15) is 26.2 Å². The number of hydrogen-bond donors (Lipinski definition) is 1. The molecule has 72 valence electrons. The Morgan fingerprint density at radius 2 is 2.23 bits per heavy atom. The van der Waals surface area contributed by atoms with Gasteiger partial charge >= 0.3 is 5.97 Å². The summed E-state index contributed by atoms with van der Waals surface area (Å²) in [4.78, 5) is 23.8. The molecule has 0 aromatic heterocycles. The lowest BCUT2D eigenvalue weighted by molar-refractivity contribution is -0.141. The van der Waals surface area contributed by atoms with E-state index in [9.17, 15) is 9.59 Å². The van der Waals surface area contributed by atoms with Gasteiger partial charge in [0.2, 0.25) is 5.91 Å². The number of carbonyl (C=O) groups is 2. The summed E-state index contributed by atoms with van der Waals surface area (Å²) < 4.78 is 0. The van der Waals surface area contributed by atoms with Crippen LogP contribution >= 0.6 is 0 Å². The van der Waals surface area contributed by atoms with E-state index in [2.05, 4.69) is 0 Å². The first-order valence-corrected chi connectivity index (χ1v) is 4.56. The number of carboxylic acid groups (broad SMARTS) is 1. The van der Waals surface area contributed by atoms with Crippen LogP contribution in [0.4, 0.5) is 0 Å². The third-order valence-corrected chi connectivity index (χ3v) is 3.10. The number of amides is 1. The number of hydrogen-bond acceptors (Lipinski definition) is 2. The molecule has 13 heavy (non-hydrogen) atoms. The van der Waals surface area contributed by atoms with Crippen LogP contribution in [-0.2, 0) is 9.59 Å². The number of nitrogens with zero attached hydrogens (tertiary/aromatic N) is 1. The maximum atomic E-state index is 11.4. The first-order valence-electron chi connectivity index (χ1n) is 4.56. The molecular formula is C9H13NO3. The number of carbonyl (C=O) groups excluding carboxylic acids is 1. The van der Waals surface area contributed by atoms with Crippen molar-refractivity contribution in [3.8, 4) is 0 Å². The van der Waals surface area contributed by atoms with Gasteiger partial charge in [-0.3, -0.25) is 9.59 Å². The maximum Gasteiger partial charge on any atom is 0.308 e. The van der Waals surface area contributed by atoms with Crippen LogP contribution in [0.15, 0.2) is 0 Å². The summed E-state index contributed by atoms with van der Waals surface area (Å²) in [6.07, 6.45) is 2.22. The highest BCUT2D eigenvalue weighted by Crippen LogP contribution is 2.44. The summed E-state index contributed by atoms with van der Waals surface area (Å²) in [7, 11) is 0. The van der Waals surface area contributed by atoms with E-state index in [-0.39, 0.29) is 17.9 Å². The fraction of sp³-hybridized carbons (Fsp3) is 0.778. The van der Waals surface area contributed by atoms with Crippen molar-refractivity contribution in [2.45, 2.75) is 31.7 Å². The third-order valence-electron chi connectivity index (χ3n) is 3.10. The van der Waals surface area contributed by atoms with Gasteiger partial charge in [-0.2, -0.15) is 0 Å². The Labute approximate surface area is 76.5 Å². The van der Waals surface area contributed by atoms with Crippen LogP contribution in [0.25, 0.3) is 0 Å². The predicted octanol–water partition coefficient (Wildman–Crippen LogP) is 0.472. The zero-order valence-corrected chi connectivity index (χ0v) is 7.62. The molecule has 1 unspecified atom stereocenters. The van der Waals surface area contributed by atoms with Crippen molar-refractivity contribution in [2.24, 2.45) is 5.92 Å². The van der Waals surface area contributed by atoms with E-state index in [1.165, 1.54) is 0 Å². The first kappa shape index (κ1) is 8.53. The molecule has 2 fully saturated rings. The summed E-state index contributed by atoms with van der Waals surface area (Å²) >= 11 is 0. The minimum absolute atomic E-state index is 0.00685. The Balaban J connectivity index is 2.08. The Hall–Kier alpha value is -1.06. The summed E-state index contributed by atoms with van der Waals surface area (Å²) in [5.41, 5.74) is -0.0126. The quantitative estimate of drug-likeness (QED) is 0.677. The molecule has 1 saturated heterocycles. The van der Waals surface area contributed by atoms with Crippen molar-refractivity contribution in [1.29, 1.82) is 0 Å². The Morgan fingerprint density at radius 1 is 1.62 bits per heavy atom. The van der Waals surface area contributed by atoms with Crippen LogP contribution in [0.5, 0.6) is 0 Å². The second-order valence-electron chi connectivity index (χ2n) is 4.24. The van der Waals surface area contributed by atoms with Gasteiger partial charge < -0.3 is 10.0 Å². The fourth-order valence-corrected chi connectivity index (χ4v) is 1.85. The van der Waals surface area contributed by atoms with Gasteiger partial charge in [-0.05, 0) is 19.8 Å². The Kier molecular flexibility index (Phi) is 1.62. The minimum atomic E-state index is -0.847. The number of aliphatic carboxylic acids is 1. The van der Waals surface area contributed by atoms with Crippen molar-refractivity contribution in [2.75, 3.05) is 6.54 Å². The molecule has 1 N–H and O–H groups in total. The summed E-state index contributed by atoms with van der Waals surface area (Å²) in [6.45, 7) is 2.43. The normalized spacial score (nSPS) is 30.7. The molecule has 2 aliphatic rings. The van der Waals surface area contributed by atoms with Gasteiger partial charge in [0, 0.05) is 18.5 Å². The van der Waals surface area contributed by atoms with Crippen molar-refractivity contribution < 1.29 is 14.7 Å². The van der Waals surface area contributed by atoms with Crippen LogP contribution < -0.4 is 0 Å². The van der Waals surface area contributed by atoms with Crippen LogP contribution in [-0.4, -0.2) is 34.0 Å². The average molecular weight is 183 g/mol. The van der Waals surface area contributed by atoms with Gasteiger partial charge in [-0.1, -0.05) is 0 Å². The minimum Gasteiger partial charge on any atom is -0.481 e. The van der Waals surface area contributed by atoms with E-state index in [1.54, 1.807) is 4.90 Å². The molecule has 1 aliphatic carbocycles. The van der Waals surface area contributed by atoms with Gasteiger partial charge in [0.25, 0.3) is 0 Å². The largest absolute Gasteiger partial charge is 0.481 e. The van der Waals surface area contributed by atoms with Crippen molar-refractivity contribution in [1.82, 2.24) is 4.90 Å². The van der Waals surface area contributed by atoms with Gasteiger partial charge in [0.15, 0.2) is 0 Å². The standard InChI is InChI=1S/C9H13NO3/c1-9(2-3-9)10-5-6(8(12)13)4-7(10)11/h6H,2-5H2,1H3,(H,12,13). The zero-order valence-electron chi connectivity index (χ0n) is 7.62. The third kappa shape index (κ3) is 1.30. The van der Waals surface area contributed by atoms with Crippen molar-refractivity contribution in [3.05, 3.63) is 0 Å². The number of carboxylic acids is 1. The van der Waals surface area contributed by atoms with Crippen LogP contribution in [0.2, 0.25) is 0 Å². The number of rotatable bonds is 2. The molecule has 1 heterocycles. The monoisotopic (exact) mass is 183 g/mol. The van der Waals surface area contributed by atoms with E-state index in [1.807, 2.05) is 6.92 Å². The van der Waals surface area contributed by atoms with E-state index in [4.69, 9.17) is 5.11 Å². The van der Waals surface area contributed by atoms with E-state index >= 15 is 0 Å². The second-order valence-corrected chi connectivity index (χ2v) is 4.24. The molecule has 1 amide bonds. The summed E-state index contributed by atoms with van der Waals surface area (Å²) in [5, 5.41) is 8.76. The SMILES string of the molecule is CC1(N2CC(C(=O)O)CC2=O)CC1. The van der Waals surface area contributed by atoms with Crippen LogP contribution in [0, 0.1) is 5.92 Å². The predicted molar refractivity (Wildman–Crippen MR) is 45.1 cm³/mol. The molecule has 0 bridgehead atoms. The highest BCUT2D eigenvalue weighted by Gasteiger charge is 2.50. The molecule has 2 rings (SSSR count). The van der Waals surface area contributed by atoms with Crippen LogP contribution in [0.3, 0.4) is 0 Å². The van der Waals surface area contributed by atoms with E-state index in [0.717, 1.165) is 12.8 Å². The number of likely N-dealkylation sites (tertiary alicyclic amines) is 1. The summed E-state index contributed by atoms with van der Waals surface area (Å²) in [5.74, 6) is -1.32. The molecule has 0 aromatic carbocycles. The highest BCUT2D eigenvalue weighted by atomic mass is 16.4. The Bertz CT molecular complexity index is 270. The van der Waals surface area contributed by atoms with Crippen molar-refractivity contribution in [3.63, 3.8) is 0 Å². The van der Waals surface area contributed by atoms with Crippen molar-refractivity contribution >= 4 is 11.9 Å². The fourth-order valence-electron chi connectivity index (χ4n) is 1.85. The lowest BCUT2D eigenvalue weighted by atomic mass is 10.1.